The Bertz CT molecular complexity index is 388. The topological polar surface area (TPSA) is 59.2 Å². The first-order valence-electron chi connectivity index (χ1n) is 6.90. The van der Waals surface area contributed by atoms with Gasteiger partial charge in [-0.2, -0.15) is 4.98 Å². The van der Waals surface area contributed by atoms with Crippen LogP contribution >= 0.6 is 0 Å². The highest BCUT2D eigenvalue weighted by Crippen LogP contribution is 2.41. The maximum Gasteiger partial charge on any atom is 0.232 e. The van der Waals surface area contributed by atoms with Crippen LogP contribution in [0.1, 0.15) is 76.9 Å². The molecule has 1 aromatic heterocycles. The molecule has 2 unspecified atom stereocenters. The zero-order valence-corrected chi connectivity index (χ0v) is 11.8. The average Bonchev–Trinajstić information content (AvgIpc) is 2.77. The summed E-state index contributed by atoms with van der Waals surface area (Å²) in [6.45, 7) is 8.30. The quantitative estimate of drug-likeness (QED) is 0.897. The van der Waals surface area contributed by atoms with E-state index in [1.165, 1.54) is 12.8 Å². The molecule has 1 aromatic rings. The molecule has 1 aliphatic carbocycles. The molecule has 0 radical (unpaired) electrons. The van der Waals surface area contributed by atoms with Crippen molar-refractivity contribution in [3.63, 3.8) is 0 Å². The van der Waals surface area contributed by atoms with E-state index in [-0.39, 0.29) is 5.92 Å². The summed E-state index contributed by atoms with van der Waals surface area (Å²) < 4.78 is 5.27. The van der Waals surface area contributed by atoms with Crippen LogP contribution in [-0.2, 0) is 0 Å². The van der Waals surface area contributed by atoms with E-state index in [0.29, 0.717) is 17.2 Å². The second kappa shape index (κ2) is 5.00. The lowest BCUT2D eigenvalue weighted by Gasteiger charge is -2.32. The first-order chi connectivity index (χ1) is 8.39. The van der Waals surface area contributed by atoms with Gasteiger partial charge in [0.1, 0.15) is 0 Å². The number of nitrogens with zero attached hydrogens (tertiary/aromatic N) is 2. The molecule has 2 rings (SSSR count). The molecule has 0 aromatic carbocycles. The Hall–Kier alpha value is -0.900. The summed E-state index contributed by atoms with van der Waals surface area (Å²) in [5.41, 5.74) is 0.454. The summed E-state index contributed by atoms with van der Waals surface area (Å²) >= 11 is 0. The minimum atomic E-state index is -0.455. The number of aromatic nitrogens is 2. The van der Waals surface area contributed by atoms with Gasteiger partial charge in [0.05, 0.1) is 12.0 Å². The molecular weight excluding hydrogens is 228 g/mol. The highest BCUT2D eigenvalue weighted by molar-refractivity contribution is 5.01. The molecule has 0 bridgehead atoms. The Morgan fingerprint density at radius 2 is 1.89 bits per heavy atom. The summed E-state index contributed by atoms with van der Waals surface area (Å²) in [7, 11) is 0. The smallest absolute Gasteiger partial charge is 0.232 e. The molecule has 0 saturated heterocycles. The Morgan fingerprint density at radius 3 is 2.44 bits per heavy atom. The summed E-state index contributed by atoms with van der Waals surface area (Å²) in [4.78, 5) is 4.47. The van der Waals surface area contributed by atoms with E-state index in [1.54, 1.807) is 6.92 Å². The lowest BCUT2D eigenvalue weighted by Crippen LogP contribution is -2.20. The number of aliphatic hydroxyl groups is 1. The standard InChI is InChI=1S/C14H24N2O2/c1-9(10(2)17)13-15-12(16-18-13)11-5-7-14(3,4)8-6-11/h9-11,17H,5-8H2,1-4H3. The van der Waals surface area contributed by atoms with Gasteiger partial charge in [0.15, 0.2) is 5.82 Å². The molecule has 0 amide bonds. The minimum absolute atomic E-state index is 0.0914. The molecule has 1 fully saturated rings. The number of hydrogen-bond donors (Lipinski definition) is 1. The zero-order valence-electron chi connectivity index (χ0n) is 11.8. The molecule has 1 N–H and O–H groups in total. The van der Waals surface area contributed by atoms with Crippen LogP contribution in [0.25, 0.3) is 0 Å². The number of hydrogen-bond acceptors (Lipinski definition) is 4. The predicted molar refractivity (Wildman–Crippen MR) is 69.4 cm³/mol. The van der Waals surface area contributed by atoms with E-state index in [1.807, 2.05) is 6.92 Å². The maximum absolute atomic E-state index is 9.53. The van der Waals surface area contributed by atoms with Crippen molar-refractivity contribution >= 4 is 0 Å². The van der Waals surface area contributed by atoms with Crippen LogP contribution in [0.4, 0.5) is 0 Å². The van der Waals surface area contributed by atoms with E-state index in [2.05, 4.69) is 24.0 Å². The summed E-state index contributed by atoms with van der Waals surface area (Å²) in [5.74, 6) is 1.72. The van der Waals surface area contributed by atoms with Crippen molar-refractivity contribution in [2.75, 3.05) is 0 Å². The van der Waals surface area contributed by atoms with Gasteiger partial charge in [-0.3, -0.25) is 0 Å². The highest BCUT2D eigenvalue weighted by atomic mass is 16.5. The van der Waals surface area contributed by atoms with Crippen molar-refractivity contribution in [2.45, 2.75) is 71.3 Å². The molecule has 1 heterocycles. The van der Waals surface area contributed by atoms with Crippen LogP contribution in [0.15, 0.2) is 4.52 Å². The molecule has 1 aliphatic rings. The second-order valence-corrected chi connectivity index (χ2v) is 6.46. The normalized spacial score (nSPS) is 23.8. The fourth-order valence-corrected chi connectivity index (χ4v) is 2.46. The summed E-state index contributed by atoms with van der Waals surface area (Å²) in [6.07, 6.45) is 4.24. The highest BCUT2D eigenvalue weighted by Gasteiger charge is 2.30. The van der Waals surface area contributed by atoms with E-state index < -0.39 is 6.10 Å². The third-order valence-corrected chi connectivity index (χ3v) is 4.27. The van der Waals surface area contributed by atoms with Crippen LogP contribution in [0.5, 0.6) is 0 Å². The molecular formula is C14H24N2O2. The molecule has 102 valence electrons. The fraction of sp³-hybridized carbons (Fsp3) is 0.857. The molecule has 2 atom stereocenters. The lowest BCUT2D eigenvalue weighted by atomic mass is 9.73. The SMILES string of the molecule is CC(O)C(C)c1nc(C2CCC(C)(C)CC2)no1. The Kier molecular flexibility index (Phi) is 3.76. The van der Waals surface area contributed by atoms with Crippen molar-refractivity contribution in [2.24, 2.45) is 5.41 Å². The third-order valence-electron chi connectivity index (χ3n) is 4.27. The monoisotopic (exact) mass is 252 g/mol. The number of rotatable bonds is 3. The van der Waals surface area contributed by atoms with Crippen molar-refractivity contribution < 1.29 is 9.63 Å². The van der Waals surface area contributed by atoms with Gasteiger partial charge in [0.25, 0.3) is 0 Å². The largest absolute Gasteiger partial charge is 0.393 e. The zero-order chi connectivity index (χ0) is 13.3. The molecule has 1 saturated carbocycles. The van der Waals surface area contributed by atoms with E-state index >= 15 is 0 Å². The van der Waals surface area contributed by atoms with Crippen LogP contribution < -0.4 is 0 Å². The fourth-order valence-electron chi connectivity index (χ4n) is 2.46. The van der Waals surface area contributed by atoms with Gasteiger partial charge in [0, 0.05) is 5.92 Å². The minimum Gasteiger partial charge on any atom is -0.393 e. The molecule has 4 heteroatoms. The predicted octanol–water partition coefficient (Wildman–Crippen LogP) is 3.24. The third kappa shape index (κ3) is 2.91. The summed E-state index contributed by atoms with van der Waals surface area (Å²) in [6, 6.07) is 0. The Balaban J connectivity index is 2.03. The Labute approximate surface area is 109 Å². The first kappa shape index (κ1) is 13.5. The van der Waals surface area contributed by atoms with Gasteiger partial charge in [-0.1, -0.05) is 25.9 Å². The molecule has 0 spiro atoms. The van der Waals surface area contributed by atoms with Gasteiger partial charge < -0.3 is 9.63 Å². The number of aliphatic hydroxyl groups excluding tert-OH is 1. The van der Waals surface area contributed by atoms with E-state index in [0.717, 1.165) is 18.7 Å². The lowest BCUT2D eigenvalue weighted by molar-refractivity contribution is 0.151. The van der Waals surface area contributed by atoms with Crippen molar-refractivity contribution in [3.05, 3.63) is 11.7 Å². The average molecular weight is 252 g/mol. The van der Waals surface area contributed by atoms with Gasteiger partial charge in [-0.25, -0.2) is 0 Å². The van der Waals surface area contributed by atoms with Crippen LogP contribution in [0, 0.1) is 5.41 Å². The van der Waals surface area contributed by atoms with Crippen molar-refractivity contribution in [1.82, 2.24) is 10.1 Å². The maximum atomic E-state index is 9.53. The van der Waals surface area contributed by atoms with Crippen molar-refractivity contribution in [1.29, 1.82) is 0 Å². The van der Waals surface area contributed by atoms with Gasteiger partial charge in [0.2, 0.25) is 5.89 Å². The Morgan fingerprint density at radius 1 is 1.28 bits per heavy atom. The molecule has 4 nitrogen and oxygen atoms in total. The first-order valence-corrected chi connectivity index (χ1v) is 6.90. The molecule has 0 aliphatic heterocycles. The van der Waals surface area contributed by atoms with Crippen LogP contribution in [0.2, 0.25) is 0 Å². The molecule has 18 heavy (non-hydrogen) atoms. The summed E-state index contributed by atoms with van der Waals surface area (Å²) in [5, 5.41) is 13.6. The van der Waals surface area contributed by atoms with E-state index in [9.17, 15) is 5.11 Å². The van der Waals surface area contributed by atoms with Gasteiger partial charge >= 0.3 is 0 Å². The van der Waals surface area contributed by atoms with Gasteiger partial charge in [-0.05, 0) is 38.0 Å². The van der Waals surface area contributed by atoms with Gasteiger partial charge in [-0.15, -0.1) is 0 Å². The van der Waals surface area contributed by atoms with Crippen LogP contribution in [0.3, 0.4) is 0 Å². The van der Waals surface area contributed by atoms with Crippen molar-refractivity contribution in [3.8, 4) is 0 Å². The van der Waals surface area contributed by atoms with E-state index in [4.69, 9.17) is 4.52 Å². The van der Waals surface area contributed by atoms with Crippen LogP contribution in [-0.4, -0.2) is 21.4 Å². The second-order valence-electron chi connectivity index (χ2n) is 6.46.